The number of nitrogens with zero attached hydrogens (tertiary/aromatic N) is 2. The number of amides is 1. The van der Waals surface area contributed by atoms with Crippen LogP contribution in [0.1, 0.15) is 46.0 Å². The van der Waals surface area contributed by atoms with Gasteiger partial charge < -0.3 is 5.11 Å². The minimum absolute atomic E-state index is 0.208. The topological polar surface area (TPSA) is 71.7 Å². The average Bonchev–Trinajstić information content (AvgIpc) is 3.19. The van der Waals surface area contributed by atoms with Crippen LogP contribution in [0.3, 0.4) is 0 Å². The van der Waals surface area contributed by atoms with E-state index in [0.717, 1.165) is 0 Å². The van der Waals surface area contributed by atoms with Gasteiger partial charge in [-0.1, -0.05) is 54.4 Å². The fourth-order valence-corrected chi connectivity index (χ4v) is 3.72. The summed E-state index contributed by atoms with van der Waals surface area (Å²) < 4.78 is 1.21. The van der Waals surface area contributed by atoms with Crippen LogP contribution in [0, 0.1) is 0 Å². The Balaban J connectivity index is 1.98. The summed E-state index contributed by atoms with van der Waals surface area (Å²) in [6.45, 7) is 1.87. The summed E-state index contributed by atoms with van der Waals surface area (Å²) in [5.74, 6) is -1.09. The van der Waals surface area contributed by atoms with Crippen molar-refractivity contribution in [3.63, 3.8) is 0 Å². The van der Waals surface area contributed by atoms with E-state index in [-0.39, 0.29) is 29.3 Å². The van der Waals surface area contributed by atoms with E-state index in [1.165, 1.54) is 4.57 Å². The molecule has 0 aliphatic carbocycles. The van der Waals surface area contributed by atoms with Crippen LogP contribution in [0.5, 0.6) is 5.88 Å². The largest absolute Gasteiger partial charge is 0.494 e. The maximum absolute atomic E-state index is 12.8. The second-order valence-electron chi connectivity index (χ2n) is 6.68. The van der Waals surface area contributed by atoms with E-state index in [2.05, 4.69) is 4.99 Å². The van der Waals surface area contributed by atoms with E-state index < -0.39 is 5.91 Å². The van der Waals surface area contributed by atoms with Crippen molar-refractivity contribution in [3.05, 3.63) is 75.3 Å². The van der Waals surface area contributed by atoms with Gasteiger partial charge in [-0.2, -0.15) is 0 Å². The van der Waals surface area contributed by atoms with Gasteiger partial charge >= 0.3 is 0 Å². The van der Waals surface area contributed by atoms with Crippen molar-refractivity contribution in [1.29, 1.82) is 0 Å². The number of carbonyl (C=O) groups is 2. The standard InChI is InChI=1S/C22H16Cl2N2O3/c1-2-3-16(27)26-20(13-6-10-15(24)11-7-13)18-17(22(26)29)19(25-21(18)28)12-4-8-14(23)9-5-12/h4-11,29H,2-3H2,1H3. The van der Waals surface area contributed by atoms with Gasteiger partial charge in [0.05, 0.1) is 22.5 Å². The maximum atomic E-state index is 12.8. The Labute approximate surface area is 177 Å². The lowest BCUT2D eigenvalue weighted by atomic mass is 10.0. The molecule has 1 aliphatic rings. The second kappa shape index (κ2) is 7.50. The van der Waals surface area contributed by atoms with Crippen molar-refractivity contribution in [2.45, 2.75) is 19.8 Å². The van der Waals surface area contributed by atoms with E-state index in [1.54, 1.807) is 48.5 Å². The zero-order valence-corrected chi connectivity index (χ0v) is 17.0. The van der Waals surface area contributed by atoms with Crippen LogP contribution in [-0.2, 0) is 0 Å². The molecule has 2 heterocycles. The number of rotatable bonds is 4. The molecule has 1 amide bonds. The van der Waals surface area contributed by atoms with Crippen molar-refractivity contribution in [2.24, 2.45) is 4.99 Å². The molecule has 0 bridgehead atoms. The van der Waals surface area contributed by atoms with Crippen LogP contribution in [0.4, 0.5) is 0 Å². The molecule has 0 fully saturated rings. The number of fused-ring (bicyclic) bond motifs is 1. The number of aromatic hydroxyl groups is 1. The first-order valence-corrected chi connectivity index (χ1v) is 9.84. The van der Waals surface area contributed by atoms with Crippen LogP contribution >= 0.6 is 23.2 Å². The van der Waals surface area contributed by atoms with Gasteiger partial charge in [0.15, 0.2) is 0 Å². The zero-order valence-electron chi connectivity index (χ0n) is 15.4. The summed E-state index contributed by atoms with van der Waals surface area (Å²) in [4.78, 5) is 29.8. The third-order valence-corrected chi connectivity index (χ3v) is 5.26. The van der Waals surface area contributed by atoms with E-state index in [4.69, 9.17) is 23.2 Å². The average molecular weight is 427 g/mol. The molecule has 5 nitrogen and oxygen atoms in total. The molecular formula is C22H16Cl2N2O3. The summed E-state index contributed by atoms with van der Waals surface area (Å²) >= 11 is 12.0. The predicted molar refractivity (Wildman–Crippen MR) is 113 cm³/mol. The smallest absolute Gasteiger partial charge is 0.280 e. The molecule has 146 valence electrons. The molecule has 2 aromatic carbocycles. The lowest BCUT2D eigenvalue weighted by molar-refractivity contribution is 0.0895. The Kier molecular flexibility index (Phi) is 5.03. The Morgan fingerprint density at radius 1 is 0.966 bits per heavy atom. The van der Waals surface area contributed by atoms with Gasteiger partial charge in [-0.25, -0.2) is 9.56 Å². The third-order valence-electron chi connectivity index (χ3n) is 4.76. The monoisotopic (exact) mass is 426 g/mol. The third kappa shape index (κ3) is 3.26. The molecule has 29 heavy (non-hydrogen) atoms. The first-order chi connectivity index (χ1) is 13.9. The summed E-state index contributed by atoms with van der Waals surface area (Å²) in [6, 6.07) is 13.6. The number of carbonyl (C=O) groups excluding carboxylic acids is 2. The number of hydrogen-bond donors (Lipinski definition) is 1. The first kappa shape index (κ1) is 19.4. The van der Waals surface area contributed by atoms with E-state index >= 15 is 0 Å². The van der Waals surface area contributed by atoms with E-state index in [9.17, 15) is 14.7 Å². The van der Waals surface area contributed by atoms with Crippen molar-refractivity contribution in [2.75, 3.05) is 0 Å². The van der Waals surface area contributed by atoms with Gasteiger partial charge in [0.2, 0.25) is 11.8 Å². The van der Waals surface area contributed by atoms with Gasteiger partial charge in [0.1, 0.15) is 0 Å². The molecule has 0 atom stereocenters. The highest BCUT2D eigenvalue weighted by Crippen LogP contribution is 2.41. The van der Waals surface area contributed by atoms with Crippen LogP contribution in [0.2, 0.25) is 10.0 Å². The molecule has 3 aromatic rings. The molecule has 0 saturated heterocycles. The highest BCUT2D eigenvalue weighted by molar-refractivity contribution is 6.33. The van der Waals surface area contributed by atoms with Gasteiger partial charge in [0, 0.05) is 22.0 Å². The lowest BCUT2D eigenvalue weighted by Gasteiger charge is -2.10. The highest BCUT2D eigenvalue weighted by Gasteiger charge is 2.37. The Hall–Kier alpha value is -2.89. The fourth-order valence-electron chi connectivity index (χ4n) is 3.47. The molecular weight excluding hydrogens is 411 g/mol. The molecule has 1 aliphatic heterocycles. The molecule has 0 radical (unpaired) electrons. The van der Waals surface area contributed by atoms with Crippen molar-refractivity contribution < 1.29 is 14.7 Å². The van der Waals surface area contributed by atoms with E-state index in [0.29, 0.717) is 39.0 Å². The minimum Gasteiger partial charge on any atom is -0.494 e. The summed E-state index contributed by atoms with van der Waals surface area (Å²) in [7, 11) is 0. The SMILES string of the molecule is CCCC(=O)n1c(O)c2c(c1-c1ccc(Cl)cc1)C(=O)N=C2c1ccc(Cl)cc1. The molecule has 0 saturated carbocycles. The van der Waals surface area contributed by atoms with Gasteiger partial charge in [0.25, 0.3) is 5.91 Å². The highest BCUT2D eigenvalue weighted by atomic mass is 35.5. The maximum Gasteiger partial charge on any atom is 0.280 e. The van der Waals surface area contributed by atoms with Gasteiger partial charge in [-0.3, -0.25) is 9.59 Å². The van der Waals surface area contributed by atoms with E-state index in [1.807, 2.05) is 6.92 Å². The Morgan fingerprint density at radius 2 is 1.52 bits per heavy atom. The van der Waals surface area contributed by atoms with Crippen molar-refractivity contribution in [1.82, 2.24) is 4.57 Å². The normalized spacial score (nSPS) is 12.8. The molecule has 1 N–H and O–H groups in total. The van der Waals surface area contributed by atoms with Crippen LogP contribution in [-0.4, -0.2) is 27.2 Å². The quantitative estimate of drug-likeness (QED) is 0.589. The summed E-state index contributed by atoms with van der Waals surface area (Å²) in [5.41, 5.74) is 2.32. The molecule has 1 aromatic heterocycles. The summed E-state index contributed by atoms with van der Waals surface area (Å²) in [5, 5.41) is 12.1. The molecule has 4 rings (SSSR count). The Bertz CT molecular complexity index is 1160. The number of aliphatic imine (C=N–C) groups is 1. The molecule has 7 heteroatoms. The fraction of sp³-hybridized carbons (Fsp3) is 0.136. The minimum atomic E-state index is -0.506. The van der Waals surface area contributed by atoms with Crippen LogP contribution < -0.4 is 0 Å². The summed E-state index contributed by atoms with van der Waals surface area (Å²) in [6.07, 6.45) is 0.830. The predicted octanol–water partition coefficient (Wildman–Crippen LogP) is 5.60. The van der Waals surface area contributed by atoms with Crippen molar-refractivity contribution >= 4 is 40.7 Å². The lowest BCUT2D eigenvalue weighted by Crippen LogP contribution is -2.12. The number of hydrogen-bond acceptors (Lipinski definition) is 3. The molecule has 0 unspecified atom stereocenters. The molecule has 0 spiro atoms. The second-order valence-corrected chi connectivity index (χ2v) is 7.55. The number of aromatic nitrogens is 1. The van der Waals surface area contributed by atoms with Gasteiger partial charge in [-0.15, -0.1) is 0 Å². The Morgan fingerprint density at radius 3 is 2.07 bits per heavy atom. The number of halogens is 2. The number of benzene rings is 2. The van der Waals surface area contributed by atoms with Gasteiger partial charge in [-0.05, 0) is 36.2 Å². The zero-order chi connectivity index (χ0) is 20.7. The van der Waals surface area contributed by atoms with Crippen LogP contribution in [0.25, 0.3) is 11.3 Å². The van der Waals surface area contributed by atoms with Crippen molar-refractivity contribution in [3.8, 4) is 17.1 Å². The first-order valence-electron chi connectivity index (χ1n) is 9.08. The van der Waals surface area contributed by atoms with Crippen LogP contribution in [0.15, 0.2) is 53.5 Å².